The molecule has 0 spiro atoms. The van der Waals surface area contributed by atoms with E-state index in [0.717, 1.165) is 0 Å². The van der Waals surface area contributed by atoms with E-state index in [1.54, 1.807) is 13.0 Å². The summed E-state index contributed by atoms with van der Waals surface area (Å²) in [5, 5.41) is 8.87. The number of carbonyl (C=O) groups is 1. The van der Waals surface area contributed by atoms with Crippen LogP contribution in [0.2, 0.25) is 0 Å². The number of halogens is 1. The first-order valence-electron chi connectivity index (χ1n) is 5.48. The molecule has 1 aromatic carbocycles. The molecular formula is C13H12FNO3S. The van der Waals surface area contributed by atoms with Crippen LogP contribution in [0.5, 0.6) is 0 Å². The van der Waals surface area contributed by atoms with Gasteiger partial charge < -0.3 is 15.3 Å². The molecule has 0 saturated carbocycles. The van der Waals surface area contributed by atoms with Crippen molar-refractivity contribution in [2.45, 2.75) is 17.6 Å². The van der Waals surface area contributed by atoms with Crippen LogP contribution in [0.1, 0.15) is 21.9 Å². The maximum Gasteiger partial charge on any atom is 0.372 e. The molecule has 4 nitrogen and oxygen atoms in total. The van der Waals surface area contributed by atoms with Gasteiger partial charge in [-0.2, -0.15) is 0 Å². The van der Waals surface area contributed by atoms with Gasteiger partial charge >= 0.3 is 5.97 Å². The lowest BCUT2D eigenvalue weighted by atomic mass is 10.3. The molecule has 0 fully saturated rings. The van der Waals surface area contributed by atoms with Crippen LogP contribution in [-0.2, 0) is 5.75 Å². The molecule has 0 radical (unpaired) electrons. The van der Waals surface area contributed by atoms with Crippen molar-refractivity contribution in [2.75, 3.05) is 5.73 Å². The maximum absolute atomic E-state index is 13.1. The molecule has 0 aliphatic heterocycles. The maximum atomic E-state index is 13.1. The molecule has 0 bridgehead atoms. The highest BCUT2D eigenvalue weighted by atomic mass is 32.2. The van der Waals surface area contributed by atoms with Crippen molar-refractivity contribution in [3.05, 3.63) is 47.2 Å². The van der Waals surface area contributed by atoms with E-state index in [0.29, 0.717) is 27.7 Å². The average Bonchev–Trinajstić information content (AvgIpc) is 2.72. The van der Waals surface area contributed by atoms with Gasteiger partial charge in [0.1, 0.15) is 11.6 Å². The number of rotatable bonds is 4. The van der Waals surface area contributed by atoms with E-state index in [4.69, 9.17) is 15.3 Å². The number of furan rings is 1. The summed E-state index contributed by atoms with van der Waals surface area (Å²) in [6, 6.07) is 5.78. The molecule has 2 rings (SSSR count). The molecule has 19 heavy (non-hydrogen) atoms. The molecule has 0 aliphatic carbocycles. The van der Waals surface area contributed by atoms with Gasteiger partial charge in [0.2, 0.25) is 5.76 Å². The van der Waals surface area contributed by atoms with Crippen molar-refractivity contribution in [1.82, 2.24) is 0 Å². The van der Waals surface area contributed by atoms with E-state index >= 15 is 0 Å². The molecule has 1 heterocycles. The van der Waals surface area contributed by atoms with Gasteiger partial charge in [-0.3, -0.25) is 0 Å². The Balaban J connectivity index is 2.12. The van der Waals surface area contributed by atoms with Crippen LogP contribution < -0.4 is 5.73 Å². The second-order valence-electron chi connectivity index (χ2n) is 4.00. The van der Waals surface area contributed by atoms with Crippen LogP contribution >= 0.6 is 11.8 Å². The number of nitrogens with two attached hydrogens (primary N) is 1. The van der Waals surface area contributed by atoms with E-state index in [2.05, 4.69) is 0 Å². The van der Waals surface area contributed by atoms with Crippen LogP contribution in [0.3, 0.4) is 0 Å². The second-order valence-corrected chi connectivity index (χ2v) is 5.02. The van der Waals surface area contributed by atoms with Gasteiger partial charge in [0, 0.05) is 16.1 Å². The van der Waals surface area contributed by atoms with Gasteiger partial charge in [-0.05, 0) is 31.2 Å². The highest BCUT2D eigenvalue weighted by molar-refractivity contribution is 7.98. The Morgan fingerprint density at radius 2 is 2.21 bits per heavy atom. The normalized spacial score (nSPS) is 10.6. The van der Waals surface area contributed by atoms with Crippen molar-refractivity contribution >= 4 is 23.4 Å². The minimum absolute atomic E-state index is 0.0668. The van der Waals surface area contributed by atoms with E-state index in [9.17, 15) is 9.18 Å². The number of aryl methyl sites for hydroxylation is 1. The summed E-state index contributed by atoms with van der Waals surface area (Å²) in [4.78, 5) is 11.4. The molecule has 0 amide bonds. The number of nitrogen functional groups attached to an aromatic ring is 1. The molecule has 3 N–H and O–H groups in total. The Bertz CT molecular complexity index is 624. The lowest BCUT2D eigenvalue weighted by molar-refractivity contribution is 0.0659. The number of hydrogen-bond acceptors (Lipinski definition) is 4. The first-order valence-corrected chi connectivity index (χ1v) is 6.46. The molecule has 0 atom stereocenters. The summed E-state index contributed by atoms with van der Waals surface area (Å²) >= 11 is 1.30. The zero-order valence-corrected chi connectivity index (χ0v) is 11.0. The third-order valence-electron chi connectivity index (χ3n) is 2.51. The molecule has 100 valence electrons. The number of hydrogen-bond donors (Lipinski definition) is 2. The number of aromatic carboxylic acids is 1. The van der Waals surface area contributed by atoms with Crippen LogP contribution in [0.15, 0.2) is 33.6 Å². The minimum atomic E-state index is -1.10. The average molecular weight is 281 g/mol. The topological polar surface area (TPSA) is 76.5 Å². The van der Waals surface area contributed by atoms with Gasteiger partial charge in [0.15, 0.2) is 0 Å². The second kappa shape index (κ2) is 5.36. The summed E-state index contributed by atoms with van der Waals surface area (Å²) in [7, 11) is 0. The van der Waals surface area contributed by atoms with Gasteiger partial charge in [-0.15, -0.1) is 11.8 Å². The highest BCUT2D eigenvalue weighted by Crippen LogP contribution is 2.30. The Hall–Kier alpha value is -1.95. The van der Waals surface area contributed by atoms with Crippen molar-refractivity contribution in [3.63, 3.8) is 0 Å². The third kappa shape index (κ3) is 3.08. The summed E-state index contributed by atoms with van der Waals surface area (Å²) in [6.07, 6.45) is 0. The third-order valence-corrected chi connectivity index (χ3v) is 3.60. The van der Waals surface area contributed by atoms with Crippen LogP contribution in [0, 0.1) is 12.7 Å². The molecule has 0 saturated heterocycles. The van der Waals surface area contributed by atoms with Gasteiger partial charge in [0.25, 0.3) is 0 Å². The summed E-state index contributed by atoms with van der Waals surface area (Å²) < 4.78 is 18.3. The fourth-order valence-corrected chi connectivity index (χ4v) is 2.48. The molecule has 6 heteroatoms. The molecular weight excluding hydrogens is 269 g/mol. The fourth-order valence-electron chi connectivity index (χ4n) is 1.61. The molecule has 2 aromatic rings. The smallest absolute Gasteiger partial charge is 0.372 e. The van der Waals surface area contributed by atoms with Gasteiger partial charge in [-0.1, -0.05) is 0 Å². The van der Waals surface area contributed by atoms with Crippen LogP contribution in [0.25, 0.3) is 0 Å². The monoisotopic (exact) mass is 281 g/mol. The standard InChI is InChI=1S/C13H12FNO3S/c1-7-4-9(18-12(7)13(16)17)6-19-11-5-8(14)2-3-10(11)15/h2-5H,6,15H2,1H3,(H,16,17). The van der Waals surface area contributed by atoms with Crippen LogP contribution in [0.4, 0.5) is 10.1 Å². The lowest BCUT2D eigenvalue weighted by Crippen LogP contribution is -1.95. The number of benzene rings is 1. The van der Waals surface area contributed by atoms with E-state index in [1.807, 2.05) is 0 Å². The van der Waals surface area contributed by atoms with Crippen LogP contribution in [-0.4, -0.2) is 11.1 Å². The molecule has 0 aliphatic rings. The Labute approximate surface area is 113 Å². The van der Waals surface area contributed by atoms with E-state index in [-0.39, 0.29) is 11.6 Å². The van der Waals surface area contributed by atoms with Crippen molar-refractivity contribution in [2.24, 2.45) is 0 Å². The predicted molar refractivity (Wildman–Crippen MR) is 70.8 cm³/mol. The lowest BCUT2D eigenvalue weighted by Gasteiger charge is -2.03. The summed E-state index contributed by atoms with van der Waals surface area (Å²) in [5.41, 5.74) is 6.77. The Morgan fingerprint density at radius 1 is 1.47 bits per heavy atom. The highest BCUT2D eigenvalue weighted by Gasteiger charge is 2.14. The first-order chi connectivity index (χ1) is 8.97. The predicted octanol–water partition coefficient (Wildman–Crippen LogP) is 3.30. The van der Waals surface area contributed by atoms with Crippen molar-refractivity contribution < 1.29 is 18.7 Å². The number of thioether (sulfide) groups is 1. The number of carboxylic acid groups (broad SMARTS) is 1. The summed E-state index contributed by atoms with van der Waals surface area (Å²) in [5.74, 6) is -0.620. The zero-order valence-electron chi connectivity index (χ0n) is 10.1. The van der Waals surface area contributed by atoms with Gasteiger partial charge in [-0.25, -0.2) is 9.18 Å². The van der Waals surface area contributed by atoms with E-state index in [1.165, 1.54) is 30.0 Å². The van der Waals surface area contributed by atoms with Gasteiger partial charge in [0.05, 0.1) is 5.75 Å². The number of anilines is 1. The summed E-state index contributed by atoms with van der Waals surface area (Å²) in [6.45, 7) is 1.66. The largest absolute Gasteiger partial charge is 0.475 e. The number of carboxylic acids is 1. The van der Waals surface area contributed by atoms with Crippen molar-refractivity contribution in [1.29, 1.82) is 0 Å². The minimum Gasteiger partial charge on any atom is -0.475 e. The Morgan fingerprint density at radius 3 is 2.84 bits per heavy atom. The first kappa shape index (κ1) is 13.5. The van der Waals surface area contributed by atoms with E-state index < -0.39 is 5.97 Å². The molecule has 0 unspecified atom stereocenters. The molecule has 1 aromatic heterocycles. The zero-order chi connectivity index (χ0) is 14.0. The Kier molecular flexibility index (Phi) is 3.80. The van der Waals surface area contributed by atoms with Crippen molar-refractivity contribution in [3.8, 4) is 0 Å². The SMILES string of the molecule is Cc1cc(CSc2cc(F)ccc2N)oc1C(=O)O. The quantitative estimate of drug-likeness (QED) is 0.664. The fraction of sp³-hybridized carbons (Fsp3) is 0.154.